The van der Waals surface area contributed by atoms with Gasteiger partial charge in [-0.2, -0.15) is 0 Å². The average Bonchev–Trinajstić information content (AvgIpc) is 3.09. The van der Waals surface area contributed by atoms with Crippen molar-refractivity contribution in [2.75, 3.05) is 46.4 Å². The fourth-order valence-electron chi connectivity index (χ4n) is 3.22. The SMILES string of the molecule is COc1ccc(C(=O)N2CCN(C3CCNC3)CC2)cc1F.Cl. The van der Waals surface area contributed by atoms with Crippen LogP contribution in [-0.2, 0) is 0 Å². The predicted molar refractivity (Wildman–Crippen MR) is 89.0 cm³/mol. The number of carbonyl (C=O) groups is 1. The number of methoxy groups -OCH3 is 1. The van der Waals surface area contributed by atoms with Crippen LogP contribution in [0.1, 0.15) is 16.8 Å². The number of rotatable bonds is 3. The fraction of sp³-hybridized carbons (Fsp3) is 0.562. The summed E-state index contributed by atoms with van der Waals surface area (Å²) in [6, 6.07) is 4.98. The lowest BCUT2D eigenvalue weighted by Crippen LogP contribution is -2.52. The standard InChI is InChI=1S/C16H22FN3O2.ClH/c1-22-15-3-2-12(10-14(15)17)16(21)20-8-6-19(7-9-20)13-4-5-18-11-13;/h2-3,10,13,18H,4-9,11H2,1H3;1H. The summed E-state index contributed by atoms with van der Waals surface area (Å²) in [7, 11) is 1.41. The zero-order valence-electron chi connectivity index (χ0n) is 13.3. The monoisotopic (exact) mass is 343 g/mol. The van der Waals surface area contributed by atoms with E-state index in [1.807, 2.05) is 0 Å². The van der Waals surface area contributed by atoms with Gasteiger partial charge in [-0.1, -0.05) is 0 Å². The quantitative estimate of drug-likeness (QED) is 0.900. The second-order valence-electron chi connectivity index (χ2n) is 5.82. The van der Waals surface area contributed by atoms with Crippen molar-refractivity contribution < 1.29 is 13.9 Å². The maximum Gasteiger partial charge on any atom is 0.254 e. The Hall–Kier alpha value is -1.37. The lowest BCUT2D eigenvalue weighted by atomic mass is 10.1. The normalized spacial score (nSPS) is 21.8. The lowest BCUT2D eigenvalue weighted by molar-refractivity contribution is 0.0583. The number of halogens is 2. The molecule has 2 aliphatic rings. The lowest BCUT2D eigenvalue weighted by Gasteiger charge is -2.37. The molecule has 2 aliphatic heterocycles. The number of hydrogen-bond acceptors (Lipinski definition) is 4. The number of ether oxygens (including phenoxy) is 1. The van der Waals surface area contributed by atoms with E-state index in [-0.39, 0.29) is 24.1 Å². The minimum absolute atomic E-state index is 0. The third-order valence-electron chi connectivity index (χ3n) is 4.55. The van der Waals surface area contributed by atoms with Crippen molar-refractivity contribution in [3.05, 3.63) is 29.6 Å². The molecule has 2 fully saturated rings. The summed E-state index contributed by atoms with van der Waals surface area (Å²) in [5, 5.41) is 3.37. The van der Waals surface area contributed by atoms with Gasteiger partial charge in [-0.25, -0.2) is 4.39 Å². The Balaban J connectivity index is 0.00000192. The van der Waals surface area contributed by atoms with E-state index in [1.54, 1.807) is 11.0 Å². The van der Waals surface area contributed by atoms with Crippen molar-refractivity contribution in [1.29, 1.82) is 0 Å². The second kappa shape index (κ2) is 7.95. The van der Waals surface area contributed by atoms with Crippen LogP contribution in [0.25, 0.3) is 0 Å². The van der Waals surface area contributed by atoms with Gasteiger partial charge in [0, 0.05) is 44.3 Å². The predicted octanol–water partition coefficient (Wildman–Crippen LogP) is 1.38. The van der Waals surface area contributed by atoms with E-state index in [1.165, 1.54) is 25.7 Å². The summed E-state index contributed by atoms with van der Waals surface area (Å²) in [5.74, 6) is -0.440. The molecule has 1 unspecified atom stereocenters. The van der Waals surface area contributed by atoms with E-state index in [0.29, 0.717) is 24.7 Å². The third-order valence-corrected chi connectivity index (χ3v) is 4.55. The summed E-state index contributed by atoms with van der Waals surface area (Å²) in [6.45, 7) is 5.28. The van der Waals surface area contributed by atoms with Crippen LogP contribution in [0.2, 0.25) is 0 Å². The molecule has 0 radical (unpaired) electrons. The molecule has 1 atom stereocenters. The van der Waals surface area contributed by atoms with Gasteiger partial charge in [-0.3, -0.25) is 9.69 Å². The van der Waals surface area contributed by atoms with Crippen LogP contribution >= 0.6 is 12.4 Å². The van der Waals surface area contributed by atoms with Crippen molar-refractivity contribution >= 4 is 18.3 Å². The largest absolute Gasteiger partial charge is 0.494 e. The van der Waals surface area contributed by atoms with Crippen molar-refractivity contribution in [1.82, 2.24) is 15.1 Å². The van der Waals surface area contributed by atoms with Gasteiger partial charge in [-0.15, -0.1) is 12.4 Å². The van der Waals surface area contributed by atoms with Crippen LogP contribution < -0.4 is 10.1 Å². The molecule has 7 heteroatoms. The summed E-state index contributed by atoms with van der Waals surface area (Å²) in [4.78, 5) is 16.7. The smallest absolute Gasteiger partial charge is 0.254 e. The van der Waals surface area contributed by atoms with Gasteiger partial charge in [0.15, 0.2) is 11.6 Å². The van der Waals surface area contributed by atoms with Gasteiger partial charge in [-0.05, 0) is 31.2 Å². The van der Waals surface area contributed by atoms with Gasteiger partial charge in [0.25, 0.3) is 5.91 Å². The Bertz CT molecular complexity index is 544. The maximum atomic E-state index is 13.7. The Morgan fingerprint density at radius 3 is 2.61 bits per heavy atom. The Morgan fingerprint density at radius 1 is 1.30 bits per heavy atom. The summed E-state index contributed by atoms with van der Waals surface area (Å²) in [5.41, 5.74) is 0.384. The van der Waals surface area contributed by atoms with E-state index >= 15 is 0 Å². The summed E-state index contributed by atoms with van der Waals surface area (Å²) in [6.07, 6.45) is 1.18. The second-order valence-corrected chi connectivity index (χ2v) is 5.82. The van der Waals surface area contributed by atoms with Crippen molar-refractivity contribution in [3.63, 3.8) is 0 Å². The molecule has 1 N–H and O–H groups in total. The van der Waals surface area contributed by atoms with E-state index in [0.717, 1.165) is 26.2 Å². The molecular weight excluding hydrogens is 321 g/mol. The molecule has 0 bridgehead atoms. The number of nitrogens with one attached hydrogen (secondary N) is 1. The van der Waals surface area contributed by atoms with E-state index in [9.17, 15) is 9.18 Å². The molecule has 23 heavy (non-hydrogen) atoms. The first-order valence-corrected chi connectivity index (χ1v) is 7.76. The highest BCUT2D eigenvalue weighted by molar-refractivity contribution is 5.94. The van der Waals surface area contributed by atoms with Crippen LogP contribution in [0.4, 0.5) is 4.39 Å². The third kappa shape index (κ3) is 3.94. The Kier molecular flexibility index (Phi) is 6.21. The van der Waals surface area contributed by atoms with Crippen molar-refractivity contribution in [2.24, 2.45) is 0 Å². The zero-order chi connectivity index (χ0) is 15.5. The number of piperazine rings is 1. The van der Waals surface area contributed by atoms with Crippen molar-refractivity contribution in [3.8, 4) is 5.75 Å². The fourth-order valence-corrected chi connectivity index (χ4v) is 3.22. The number of benzene rings is 1. The molecule has 1 amide bonds. The first-order valence-electron chi connectivity index (χ1n) is 7.76. The molecule has 2 heterocycles. The molecule has 5 nitrogen and oxygen atoms in total. The van der Waals surface area contributed by atoms with Crippen molar-refractivity contribution in [2.45, 2.75) is 12.5 Å². The Labute approximate surface area is 142 Å². The van der Waals surface area contributed by atoms with E-state index < -0.39 is 5.82 Å². The highest BCUT2D eigenvalue weighted by atomic mass is 35.5. The van der Waals surface area contributed by atoms with Crippen LogP contribution in [0, 0.1) is 5.82 Å². The molecule has 0 aliphatic carbocycles. The molecule has 0 saturated carbocycles. The topological polar surface area (TPSA) is 44.8 Å². The average molecular weight is 344 g/mol. The van der Waals surface area contributed by atoms with Crippen LogP contribution in [0.3, 0.4) is 0 Å². The van der Waals surface area contributed by atoms with E-state index in [4.69, 9.17) is 4.74 Å². The highest BCUT2D eigenvalue weighted by Crippen LogP contribution is 2.20. The first kappa shape index (κ1) is 18.0. The molecule has 0 spiro atoms. The highest BCUT2D eigenvalue weighted by Gasteiger charge is 2.28. The molecule has 2 saturated heterocycles. The minimum Gasteiger partial charge on any atom is -0.494 e. The van der Waals surface area contributed by atoms with Gasteiger partial charge < -0.3 is 15.0 Å². The molecular formula is C16H23ClFN3O2. The number of amides is 1. The maximum absolute atomic E-state index is 13.7. The number of nitrogens with zero attached hydrogens (tertiary/aromatic N) is 2. The molecule has 0 aromatic heterocycles. The van der Waals surface area contributed by atoms with Gasteiger partial charge in [0.1, 0.15) is 0 Å². The number of hydrogen-bond donors (Lipinski definition) is 1. The minimum atomic E-state index is -0.496. The van der Waals surface area contributed by atoms with Crippen LogP contribution in [0.5, 0.6) is 5.75 Å². The number of carbonyl (C=O) groups excluding carboxylic acids is 1. The molecule has 1 aromatic carbocycles. The molecule has 3 rings (SSSR count). The summed E-state index contributed by atoms with van der Waals surface area (Å²) >= 11 is 0. The van der Waals surface area contributed by atoms with E-state index in [2.05, 4.69) is 10.2 Å². The van der Waals surface area contributed by atoms with Crippen LogP contribution in [0.15, 0.2) is 18.2 Å². The molecule has 128 valence electrons. The van der Waals surface area contributed by atoms with Gasteiger partial charge in [0.05, 0.1) is 7.11 Å². The first-order chi connectivity index (χ1) is 10.7. The zero-order valence-corrected chi connectivity index (χ0v) is 14.1. The van der Waals surface area contributed by atoms with Crippen LogP contribution in [-0.4, -0.2) is 68.1 Å². The van der Waals surface area contributed by atoms with Gasteiger partial charge in [0.2, 0.25) is 0 Å². The Morgan fingerprint density at radius 2 is 2.04 bits per heavy atom. The summed E-state index contributed by atoms with van der Waals surface area (Å²) < 4.78 is 18.6. The van der Waals surface area contributed by atoms with Gasteiger partial charge >= 0.3 is 0 Å². The molecule has 1 aromatic rings.